The van der Waals surface area contributed by atoms with Crippen LogP contribution < -0.4 is 9.47 Å². The van der Waals surface area contributed by atoms with Crippen molar-refractivity contribution in [1.29, 1.82) is 0 Å². The maximum absolute atomic E-state index is 13.2. The van der Waals surface area contributed by atoms with E-state index < -0.39 is 23.4 Å². The van der Waals surface area contributed by atoms with Crippen molar-refractivity contribution in [3.63, 3.8) is 0 Å². The minimum atomic E-state index is -0.872. The van der Waals surface area contributed by atoms with Gasteiger partial charge in [0.2, 0.25) is 0 Å². The van der Waals surface area contributed by atoms with Crippen LogP contribution in [0.1, 0.15) is 70.8 Å². The molecule has 0 aliphatic rings. The fourth-order valence-electron chi connectivity index (χ4n) is 4.33. The zero-order valence-corrected chi connectivity index (χ0v) is 22.5. The Morgan fingerprint density at radius 1 is 0.514 bits per heavy atom. The van der Waals surface area contributed by atoms with Gasteiger partial charge in [-0.05, 0) is 102 Å². The van der Waals surface area contributed by atoms with Crippen molar-refractivity contribution in [3.05, 3.63) is 67.3 Å². The second kappa shape index (κ2) is 9.69. The van der Waals surface area contributed by atoms with Gasteiger partial charge >= 0.3 is 11.9 Å². The first-order chi connectivity index (χ1) is 17.1. The fraction of sp³-hybridized carbons (Fsp3) is 0.310. The van der Waals surface area contributed by atoms with Gasteiger partial charge in [0.15, 0.2) is 0 Å². The first-order valence-electron chi connectivity index (χ1n) is 11.7. The van der Waals surface area contributed by atoms with E-state index >= 15 is 0 Å². The maximum Gasteiger partial charge on any atom is 0.347 e. The fourth-order valence-corrected chi connectivity index (χ4v) is 4.33. The van der Waals surface area contributed by atoms with Gasteiger partial charge in [-0.25, -0.2) is 9.59 Å². The summed E-state index contributed by atoms with van der Waals surface area (Å²) in [6.07, 6.45) is 0. The summed E-state index contributed by atoms with van der Waals surface area (Å²) in [5.74, 6) is -2.38. The van der Waals surface area contributed by atoms with E-state index in [9.17, 15) is 30.0 Å². The smallest absolute Gasteiger partial charge is 0.347 e. The minimum Gasteiger partial charge on any atom is -0.508 e. The number of hydrogen-bond acceptors (Lipinski definition) is 8. The van der Waals surface area contributed by atoms with Crippen molar-refractivity contribution >= 4 is 11.9 Å². The third-order valence-electron chi connectivity index (χ3n) is 7.26. The Balaban J connectivity index is 2.07. The van der Waals surface area contributed by atoms with Gasteiger partial charge in [-0.15, -0.1) is 0 Å². The Kier molecular flexibility index (Phi) is 7.17. The predicted molar refractivity (Wildman–Crippen MR) is 139 cm³/mol. The normalized spacial score (nSPS) is 10.9. The second-order valence-corrected chi connectivity index (χ2v) is 9.45. The molecule has 0 aromatic heterocycles. The van der Waals surface area contributed by atoms with Crippen LogP contribution >= 0.6 is 0 Å². The van der Waals surface area contributed by atoms with E-state index in [1.807, 2.05) is 0 Å². The zero-order valence-electron chi connectivity index (χ0n) is 22.5. The van der Waals surface area contributed by atoms with Crippen molar-refractivity contribution in [2.75, 3.05) is 0 Å². The molecule has 8 nitrogen and oxygen atoms in total. The Labute approximate surface area is 215 Å². The second-order valence-electron chi connectivity index (χ2n) is 9.45. The maximum atomic E-state index is 13.2. The molecule has 0 atom stereocenters. The van der Waals surface area contributed by atoms with Crippen LogP contribution in [0.15, 0.2) is 6.07 Å². The number of rotatable bonds is 4. The van der Waals surface area contributed by atoms with E-state index in [1.165, 1.54) is 13.8 Å². The van der Waals surface area contributed by atoms with Crippen molar-refractivity contribution in [1.82, 2.24) is 0 Å². The van der Waals surface area contributed by atoms with Crippen LogP contribution in [0, 0.1) is 62.3 Å². The van der Waals surface area contributed by atoms with Crippen LogP contribution in [-0.2, 0) is 0 Å². The molecule has 3 aromatic rings. The molecule has 0 fully saturated rings. The topological polar surface area (TPSA) is 134 Å². The molecule has 0 bridgehead atoms. The summed E-state index contributed by atoms with van der Waals surface area (Å²) in [6.45, 7) is 14.6. The van der Waals surface area contributed by atoms with Crippen LogP contribution in [0.4, 0.5) is 0 Å². The van der Waals surface area contributed by atoms with E-state index in [0.717, 1.165) is 5.56 Å². The Bertz CT molecular complexity index is 1400. The molecule has 0 unspecified atom stereocenters. The number of aromatic hydroxyl groups is 4. The lowest BCUT2D eigenvalue weighted by Crippen LogP contribution is -2.17. The summed E-state index contributed by atoms with van der Waals surface area (Å²) in [6, 6.07) is 1.58. The number of ether oxygens (including phenoxy) is 2. The molecule has 0 saturated carbocycles. The highest BCUT2D eigenvalue weighted by Gasteiger charge is 2.29. The van der Waals surface area contributed by atoms with Gasteiger partial charge in [0, 0.05) is 16.7 Å². The van der Waals surface area contributed by atoms with Crippen molar-refractivity contribution in [2.24, 2.45) is 0 Å². The van der Waals surface area contributed by atoms with Gasteiger partial charge in [0.1, 0.15) is 45.6 Å². The molecule has 0 aliphatic heterocycles. The highest BCUT2D eigenvalue weighted by Crippen LogP contribution is 2.41. The molecule has 0 heterocycles. The minimum absolute atomic E-state index is 0.0142. The van der Waals surface area contributed by atoms with E-state index in [1.54, 1.807) is 54.5 Å². The molecule has 0 spiro atoms. The van der Waals surface area contributed by atoms with Gasteiger partial charge < -0.3 is 29.9 Å². The number of hydrogen-bond donors (Lipinski definition) is 4. The molecule has 3 rings (SSSR count). The predicted octanol–water partition coefficient (Wildman–Crippen LogP) is 5.72. The van der Waals surface area contributed by atoms with Gasteiger partial charge in [0.25, 0.3) is 0 Å². The molecule has 3 aromatic carbocycles. The molecule has 0 radical (unpaired) electrons. The molecule has 4 N–H and O–H groups in total. The summed E-state index contributed by atoms with van der Waals surface area (Å²) in [7, 11) is 0. The number of phenols is 4. The molecule has 8 heteroatoms. The van der Waals surface area contributed by atoms with Crippen LogP contribution in [0.3, 0.4) is 0 Å². The van der Waals surface area contributed by atoms with Crippen LogP contribution in [-0.4, -0.2) is 32.4 Å². The van der Waals surface area contributed by atoms with Gasteiger partial charge in [-0.2, -0.15) is 0 Å². The van der Waals surface area contributed by atoms with Crippen LogP contribution in [0.25, 0.3) is 0 Å². The summed E-state index contributed by atoms with van der Waals surface area (Å²) in [5.41, 5.74) is 3.43. The third kappa shape index (κ3) is 4.43. The van der Waals surface area contributed by atoms with Gasteiger partial charge in [-0.3, -0.25) is 0 Å². The van der Waals surface area contributed by atoms with Gasteiger partial charge in [-0.1, -0.05) is 0 Å². The highest BCUT2D eigenvalue weighted by atomic mass is 16.5. The van der Waals surface area contributed by atoms with E-state index in [0.29, 0.717) is 33.4 Å². The first-order valence-corrected chi connectivity index (χ1v) is 11.7. The van der Waals surface area contributed by atoms with E-state index in [4.69, 9.17) is 9.47 Å². The molecule has 37 heavy (non-hydrogen) atoms. The number of carbonyl (C=O) groups is 2. The van der Waals surface area contributed by atoms with Gasteiger partial charge in [0.05, 0.1) is 0 Å². The largest absolute Gasteiger partial charge is 0.508 e. The molecule has 0 saturated heterocycles. The number of aryl methyl sites for hydroxylation is 1. The summed E-state index contributed by atoms with van der Waals surface area (Å²) < 4.78 is 11.3. The number of phenolic OH excluding ortho intramolecular Hbond substituents is 4. The zero-order chi connectivity index (χ0) is 28.1. The average molecular weight is 509 g/mol. The first kappa shape index (κ1) is 27.4. The molecular formula is C29H32O8. The highest BCUT2D eigenvalue weighted by molar-refractivity contribution is 5.99. The molecule has 0 amide bonds. The summed E-state index contributed by atoms with van der Waals surface area (Å²) >= 11 is 0. The molecule has 196 valence electrons. The standard InChI is InChI=1S/C29H32O8/c1-11-10-20(30)17(7)26(12(11)2)36-29(35)22-14(4)16(6)27(19(9)25(22)33)37-28(34)21-13(3)15(5)23(31)18(8)24(21)32/h10,30-33H,1-9H3. The average Bonchev–Trinajstić information content (AvgIpc) is 2.84. The number of benzene rings is 3. The summed E-state index contributed by atoms with van der Waals surface area (Å²) in [4.78, 5) is 26.3. The monoisotopic (exact) mass is 508 g/mol. The Hall–Kier alpha value is -4.20. The molecule has 0 aliphatic carbocycles. The Morgan fingerprint density at radius 2 is 0.946 bits per heavy atom. The van der Waals surface area contributed by atoms with Crippen molar-refractivity contribution in [2.45, 2.75) is 62.3 Å². The molecular weight excluding hydrogens is 476 g/mol. The van der Waals surface area contributed by atoms with Crippen molar-refractivity contribution in [3.8, 4) is 34.5 Å². The van der Waals surface area contributed by atoms with Crippen LogP contribution in [0.2, 0.25) is 0 Å². The lowest BCUT2D eigenvalue weighted by atomic mass is 9.96. The van der Waals surface area contributed by atoms with Crippen molar-refractivity contribution < 1.29 is 39.5 Å². The SMILES string of the molecule is Cc1cc(O)c(C)c(OC(=O)c2c(C)c(C)c(OC(=O)c3c(C)c(C)c(O)c(C)c3O)c(C)c2O)c1C. The van der Waals surface area contributed by atoms with E-state index in [-0.39, 0.29) is 45.3 Å². The van der Waals surface area contributed by atoms with Crippen LogP contribution in [0.5, 0.6) is 34.5 Å². The number of esters is 2. The lowest BCUT2D eigenvalue weighted by Gasteiger charge is -2.20. The Morgan fingerprint density at radius 3 is 1.46 bits per heavy atom. The lowest BCUT2D eigenvalue weighted by molar-refractivity contribution is 0.0725. The third-order valence-corrected chi connectivity index (χ3v) is 7.26. The van der Waals surface area contributed by atoms with E-state index in [2.05, 4.69) is 0 Å². The summed E-state index contributed by atoms with van der Waals surface area (Å²) in [5, 5.41) is 41.8. The number of carbonyl (C=O) groups excluding carboxylic acids is 2. The quantitative estimate of drug-likeness (QED) is 0.260.